The van der Waals surface area contributed by atoms with Gasteiger partial charge in [0.25, 0.3) is 0 Å². The Morgan fingerprint density at radius 2 is 1.69 bits per heavy atom. The highest BCUT2D eigenvalue weighted by atomic mass is 32.2. The molecule has 1 aliphatic rings. The molecule has 0 unspecified atom stereocenters. The summed E-state index contributed by atoms with van der Waals surface area (Å²) in [5.41, 5.74) is 1.02. The normalized spacial score (nSPS) is 15.9. The average Bonchev–Trinajstić information content (AvgIpc) is 3.19. The van der Waals surface area contributed by atoms with Crippen LogP contribution in [0.1, 0.15) is 17.7 Å². The molecule has 6 nitrogen and oxygen atoms in total. The number of aryl methyl sites for hydroxylation is 2. The van der Waals surface area contributed by atoms with Crippen molar-refractivity contribution in [2.24, 2.45) is 0 Å². The van der Waals surface area contributed by atoms with Crippen LogP contribution in [0.25, 0.3) is 0 Å². The van der Waals surface area contributed by atoms with Crippen LogP contribution in [0.2, 0.25) is 0 Å². The van der Waals surface area contributed by atoms with Crippen LogP contribution in [0.3, 0.4) is 0 Å². The van der Waals surface area contributed by atoms with Crippen molar-refractivity contribution >= 4 is 15.9 Å². The first-order chi connectivity index (χ1) is 12.5. The van der Waals surface area contributed by atoms with Crippen molar-refractivity contribution in [2.75, 3.05) is 31.9 Å². The topological polar surface area (TPSA) is 70.8 Å². The van der Waals surface area contributed by atoms with E-state index in [0.717, 1.165) is 11.3 Å². The van der Waals surface area contributed by atoms with Gasteiger partial charge in [-0.2, -0.15) is 4.31 Å². The minimum atomic E-state index is -3.30. The Labute approximate surface area is 154 Å². The summed E-state index contributed by atoms with van der Waals surface area (Å²) in [7, 11) is -3.30. The number of hydrogen-bond donors (Lipinski definition) is 0. The van der Waals surface area contributed by atoms with Crippen molar-refractivity contribution in [3.63, 3.8) is 0 Å². The molecule has 0 bridgehead atoms. The predicted molar refractivity (Wildman–Crippen MR) is 99.1 cm³/mol. The third-order valence-corrected chi connectivity index (χ3v) is 6.51. The summed E-state index contributed by atoms with van der Waals surface area (Å²) in [6.45, 7) is 1.62. The Morgan fingerprint density at radius 3 is 2.35 bits per heavy atom. The highest BCUT2D eigenvalue weighted by Gasteiger charge is 2.28. The SMILES string of the molecule is O=C(CCc1ccco1)N1CCN(S(=O)(=O)CCc2ccccc2)CC1. The van der Waals surface area contributed by atoms with E-state index in [2.05, 4.69) is 0 Å². The first-order valence-corrected chi connectivity index (χ1v) is 10.5. The number of benzene rings is 1. The van der Waals surface area contributed by atoms with Gasteiger partial charge in [-0.05, 0) is 24.1 Å². The largest absolute Gasteiger partial charge is 0.469 e. The zero-order valence-electron chi connectivity index (χ0n) is 14.7. The first kappa shape index (κ1) is 18.7. The van der Waals surface area contributed by atoms with E-state index in [1.165, 1.54) is 4.31 Å². The van der Waals surface area contributed by atoms with Crippen LogP contribution in [0, 0.1) is 0 Å². The van der Waals surface area contributed by atoms with Gasteiger partial charge in [0.1, 0.15) is 5.76 Å². The molecule has 1 aromatic carbocycles. The highest BCUT2D eigenvalue weighted by Crippen LogP contribution is 2.12. The third kappa shape index (κ3) is 4.95. The molecule has 1 saturated heterocycles. The van der Waals surface area contributed by atoms with Gasteiger partial charge in [-0.3, -0.25) is 4.79 Å². The number of piperazine rings is 1. The number of carbonyl (C=O) groups is 1. The average molecular weight is 376 g/mol. The first-order valence-electron chi connectivity index (χ1n) is 8.86. The molecule has 0 spiro atoms. The van der Waals surface area contributed by atoms with Gasteiger partial charge >= 0.3 is 0 Å². The minimum absolute atomic E-state index is 0.0442. The Kier molecular flexibility index (Phi) is 6.11. The van der Waals surface area contributed by atoms with Crippen LogP contribution >= 0.6 is 0 Å². The second-order valence-corrected chi connectivity index (χ2v) is 8.50. The molecular formula is C19H24N2O4S. The smallest absolute Gasteiger partial charge is 0.223 e. The number of carbonyl (C=O) groups excluding carboxylic acids is 1. The van der Waals surface area contributed by atoms with Crippen LogP contribution in [0.4, 0.5) is 0 Å². The fourth-order valence-corrected chi connectivity index (χ4v) is 4.55. The molecule has 3 rings (SSSR count). The van der Waals surface area contributed by atoms with Crippen LogP contribution < -0.4 is 0 Å². The molecule has 1 aliphatic heterocycles. The molecule has 0 saturated carbocycles. The van der Waals surface area contributed by atoms with Gasteiger partial charge in [0.2, 0.25) is 15.9 Å². The molecule has 1 amide bonds. The van der Waals surface area contributed by atoms with Crippen molar-refractivity contribution < 1.29 is 17.6 Å². The van der Waals surface area contributed by atoms with Gasteiger partial charge < -0.3 is 9.32 Å². The number of nitrogens with zero attached hydrogens (tertiary/aromatic N) is 2. The number of amides is 1. The molecule has 2 heterocycles. The molecule has 140 valence electrons. The Hall–Kier alpha value is -2.12. The molecular weight excluding hydrogens is 352 g/mol. The molecule has 7 heteroatoms. The maximum absolute atomic E-state index is 12.5. The molecule has 26 heavy (non-hydrogen) atoms. The Morgan fingerprint density at radius 1 is 0.962 bits per heavy atom. The van der Waals surface area contributed by atoms with Crippen LogP contribution in [0.5, 0.6) is 0 Å². The maximum atomic E-state index is 12.5. The maximum Gasteiger partial charge on any atom is 0.223 e. The molecule has 1 fully saturated rings. The van der Waals surface area contributed by atoms with E-state index >= 15 is 0 Å². The number of rotatable bonds is 7. The fourth-order valence-electron chi connectivity index (χ4n) is 3.08. The monoisotopic (exact) mass is 376 g/mol. The van der Waals surface area contributed by atoms with Gasteiger partial charge in [0, 0.05) is 39.0 Å². The second-order valence-electron chi connectivity index (χ2n) is 6.41. The van der Waals surface area contributed by atoms with E-state index in [1.54, 1.807) is 17.2 Å². The summed E-state index contributed by atoms with van der Waals surface area (Å²) < 4.78 is 31.8. The zero-order valence-corrected chi connectivity index (χ0v) is 15.5. The van der Waals surface area contributed by atoms with Crippen molar-refractivity contribution in [1.82, 2.24) is 9.21 Å². The van der Waals surface area contributed by atoms with E-state index in [9.17, 15) is 13.2 Å². The zero-order chi connectivity index (χ0) is 18.4. The quantitative estimate of drug-likeness (QED) is 0.740. The van der Waals surface area contributed by atoms with Crippen molar-refractivity contribution in [3.05, 3.63) is 60.1 Å². The fraction of sp³-hybridized carbons (Fsp3) is 0.421. The lowest BCUT2D eigenvalue weighted by atomic mass is 10.2. The van der Waals surface area contributed by atoms with Crippen molar-refractivity contribution in [1.29, 1.82) is 0 Å². The summed E-state index contributed by atoms with van der Waals surface area (Å²) in [6, 6.07) is 13.3. The standard InChI is InChI=1S/C19H24N2O4S/c22-19(9-8-18-7-4-15-25-18)20-11-13-21(14-12-20)26(23,24)16-10-17-5-2-1-3-6-17/h1-7,15H,8-14,16H2. The minimum Gasteiger partial charge on any atom is -0.469 e. The van der Waals surface area contributed by atoms with Crippen molar-refractivity contribution in [2.45, 2.75) is 19.3 Å². The summed E-state index contributed by atoms with van der Waals surface area (Å²) in [4.78, 5) is 14.0. The predicted octanol–water partition coefficient (Wildman–Crippen LogP) is 1.93. The summed E-state index contributed by atoms with van der Waals surface area (Å²) in [5.74, 6) is 0.937. The third-order valence-electron chi connectivity index (χ3n) is 4.64. The van der Waals surface area contributed by atoms with Crippen LogP contribution in [-0.4, -0.2) is 55.5 Å². The van der Waals surface area contributed by atoms with E-state index in [0.29, 0.717) is 45.4 Å². The summed E-state index contributed by atoms with van der Waals surface area (Å²) in [5, 5.41) is 0. The van der Waals surface area contributed by atoms with Crippen LogP contribution in [-0.2, 0) is 27.7 Å². The number of furan rings is 1. The second kappa shape index (κ2) is 8.51. The van der Waals surface area contributed by atoms with Gasteiger partial charge in [0.05, 0.1) is 12.0 Å². The highest BCUT2D eigenvalue weighted by molar-refractivity contribution is 7.89. The van der Waals surface area contributed by atoms with Gasteiger partial charge in [-0.1, -0.05) is 30.3 Å². The number of hydrogen-bond acceptors (Lipinski definition) is 4. The molecule has 2 aromatic rings. The summed E-state index contributed by atoms with van der Waals surface area (Å²) in [6.07, 6.45) is 3.06. The van der Waals surface area contributed by atoms with Gasteiger partial charge in [-0.25, -0.2) is 8.42 Å². The lowest BCUT2D eigenvalue weighted by molar-refractivity contribution is -0.132. The molecule has 0 radical (unpaired) electrons. The van der Waals surface area contributed by atoms with Gasteiger partial charge in [-0.15, -0.1) is 0 Å². The molecule has 0 atom stereocenters. The lowest BCUT2D eigenvalue weighted by Gasteiger charge is -2.34. The molecule has 1 aromatic heterocycles. The lowest BCUT2D eigenvalue weighted by Crippen LogP contribution is -2.51. The van der Waals surface area contributed by atoms with E-state index in [1.807, 2.05) is 36.4 Å². The van der Waals surface area contributed by atoms with E-state index in [4.69, 9.17) is 4.42 Å². The molecule has 0 aliphatic carbocycles. The van der Waals surface area contributed by atoms with Crippen LogP contribution in [0.15, 0.2) is 53.1 Å². The molecule has 0 N–H and O–H groups in total. The van der Waals surface area contributed by atoms with E-state index < -0.39 is 10.0 Å². The van der Waals surface area contributed by atoms with Gasteiger partial charge in [0.15, 0.2) is 0 Å². The Bertz CT molecular complexity index is 795. The number of sulfonamides is 1. The van der Waals surface area contributed by atoms with E-state index in [-0.39, 0.29) is 11.7 Å². The summed E-state index contributed by atoms with van der Waals surface area (Å²) >= 11 is 0. The van der Waals surface area contributed by atoms with Crippen molar-refractivity contribution in [3.8, 4) is 0 Å². The Balaban J connectivity index is 1.45.